The third-order valence-electron chi connectivity index (χ3n) is 6.54. The lowest BCUT2D eigenvalue weighted by Crippen LogP contribution is -2.47. The summed E-state index contributed by atoms with van der Waals surface area (Å²) in [6.45, 7) is 3.41. The molecule has 0 heterocycles. The molecule has 8 nitrogen and oxygen atoms in total. The van der Waals surface area contributed by atoms with E-state index in [1.165, 1.54) is 26.2 Å². The lowest BCUT2D eigenvalue weighted by Gasteiger charge is -2.26. The highest BCUT2D eigenvalue weighted by Gasteiger charge is 2.32. The topological polar surface area (TPSA) is 111 Å². The second-order valence-electron chi connectivity index (χ2n) is 9.34. The zero-order valence-corrected chi connectivity index (χ0v) is 23.9. The Morgan fingerprint density at radius 2 is 1.57 bits per heavy atom. The van der Waals surface area contributed by atoms with Crippen LogP contribution in [0.5, 0.6) is 17.2 Å². The van der Waals surface area contributed by atoms with Crippen molar-refractivity contribution in [3.05, 3.63) is 89.5 Å². The molecule has 0 saturated heterocycles. The smallest absolute Gasteiger partial charge is 0.329 e. The number of rotatable bonds is 13. The van der Waals surface area contributed by atoms with Gasteiger partial charge in [-0.2, -0.15) is 0 Å². The van der Waals surface area contributed by atoms with Crippen LogP contribution in [0.15, 0.2) is 72.8 Å². The first-order valence-electron chi connectivity index (χ1n) is 12.9. The van der Waals surface area contributed by atoms with Gasteiger partial charge in [0.25, 0.3) is 0 Å². The quantitative estimate of drug-likeness (QED) is 0.282. The summed E-state index contributed by atoms with van der Waals surface area (Å²) in [5, 5.41) is 12.4. The first kappa shape index (κ1) is 30.6. The Kier molecular flexibility index (Phi) is 11.4. The van der Waals surface area contributed by atoms with Gasteiger partial charge in [-0.1, -0.05) is 67.2 Å². The summed E-state index contributed by atoms with van der Waals surface area (Å²) in [6.07, 6.45) is 0.164. The standard InChI is InChI=1S/C31H35NO7S/c1-20(24-12-15-28(37-3)29(17-24)38-4)26(19-40-21(2)33)30(35)32-27(16-22-10-13-25(34)14-11-22)31(36)39-18-23-8-6-5-7-9-23/h5-15,17,20,26-27,34H,16,18-19H2,1-4H3,(H,32,35)/t20?,26?,27-/m0/s1. The van der Waals surface area contributed by atoms with Crippen molar-refractivity contribution in [1.29, 1.82) is 0 Å². The normalized spacial score (nSPS) is 13.0. The minimum absolute atomic E-state index is 0.0628. The minimum atomic E-state index is -0.983. The second kappa shape index (κ2) is 15.0. The van der Waals surface area contributed by atoms with Gasteiger partial charge in [-0.3, -0.25) is 9.59 Å². The van der Waals surface area contributed by atoms with E-state index in [9.17, 15) is 19.5 Å². The number of thioether (sulfide) groups is 1. The fourth-order valence-corrected chi connectivity index (χ4v) is 5.05. The van der Waals surface area contributed by atoms with E-state index < -0.39 is 17.9 Å². The van der Waals surface area contributed by atoms with Crippen molar-refractivity contribution >= 4 is 28.8 Å². The summed E-state index contributed by atoms with van der Waals surface area (Å²) in [5.74, 6) is -0.508. The van der Waals surface area contributed by atoms with Gasteiger partial charge >= 0.3 is 5.97 Å². The van der Waals surface area contributed by atoms with E-state index >= 15 is 0 Å². The van der Waals surface area contributed by atoms with Crippen molar-refractivity contribution in [3.63, 3.8) is 0 Å². The van der Waals surface area contributed by atoms with Crippen molar-refractivity contribution in [2.45, 2.75) is 38.8 Å². The van der Waals surface area contributed by atoms with Gasteiger partial charge in [-0.05, 0) is 46.9 Å². The molecule has 1 amide bonds. The molecule has 3 rings (SSSR count). The number of amides is 1. The van der Waals surface area contributed by atoms with Crippen molar-refractivity contribution in [1.82, 2.24) is 5.32 Å². The van der Waals surface area contributed by atoms with Gasteiger partial charge in [0.15, 0.2) is 16.6 Å². The number of phenols is 1. The van der Waals surface area contributed by atoms with Crippen LogP contribution in [0, 0.1) is 5.92 Å². The third kappa shape index (κ3) is 8.77. The highest BCUT2D eigenvalue weighted by molar-refractivity contribution is 8.13. The summed E-state index contributed by atoms with van der Waals surface area (Å²) < 4.78 is 16.3. The van der Waals surface area contributed by atoms with Crippen molar-refractivity contribution in [2.24, 2.45) is 5.92 Å². The molecule has 0 spiro atoms. The Balaban J connectivity index is 1.85. The van der Waals surface area contributed by atoms with Crippen molar-refractivity contribution in [3.8, 4) is 17.2 Å². The number of methoxy groups -OCH3 is 2. The monoisotopic (exact) mass is 565 g/mol. The van der Waals surface area contributed by atoms with Gasteiger partial charge in [0, 0.05) is 19.1 Å². The number of phenolic OH excluding ortho intramolecular Hbond substituents is 1. The molecule has 3 aromatic carbocycles. The molecular weight excluding hydrogens is 530 g/mol. The molecule has 3 atom stereocenters. The molecular formula is C31H35NO7S. The lowest BCUT2D eigenvalue weighted by molar-refractivity contribution is -0.149. The van der Waals surface area contributed by atoms with Crippen LogP contribution in [0.1, 0.15) is 36.5 Å². The van der Waals surface area contributed by atoms with Crippen molar-refractivity contribution < 1.29 is 33.7 Å². The van der Waals surface area contributed by atoms with Crippen LogP contribution in [0.3, 0.4) is 0 Å². The number of ether oxygens (including phenoxy) is 3. The predicted octanol–water partition coefficient (Wildman–Crippen LogP) is 4.88. The molecule has 0 radical (unpaired) electrons. The highest BCUT2D eigenvalue weighted by Crippen LogP contribution is 2.34. The van der Waals surface area contributed by atoms with Gasteiger partial charge in [0.2, 0.25) is 5.91 Å². The van der Waals surface area contributed by atoms with Crippen LogP contribution in [0.25, 0.3) is 0 Å². The average Bonchev–Trinajstić information content (AvgIpc) is 2.96. The summed E-state index contributed by atoms with van der Waals surface area (Å²) in [4.78, 5) is 38.8. The van der Waals surface area contributed by atoms with E-state index in [1.807, 2.05) is 49.4 Å². The lowest BCUT2D eigenvalue weighted by atomic mass is 9.87. The van der Waals surface area contributed by atoms with Crippen LogP contribution < -0.4 is 14.8 Å². The van der Waals surface area contributed by atoms with Gasteiger partial charge in [0.05, 0.1) is 20.1 Å². The maximum atomic E-state index is 13.7. The second-order valence-corrected chi connectivity index (χ2v) is 10.5. The number of carbonyl (C=O) groups is 3. The Bertz CT molecular complexity index is 1280. The Labute approximate surface area is 239 Å². The number of benzene rings is 3. The first-order valence-corrected chi connectivity index (χ1v) is 13.8. The van der Waals surface area contributed by atoms with Crippen LogP contribution in [-0.2, 0) is 32.1 Å². The average molecular weight is 566 g/mol. The number of nitrogens with one attached hydrogen (secondary N) is 1. The zero-order chi connectivity index (χ0) is 29.1. The Morgan fingerprint density at radius 3 is 2.20 bits per heavy atom. The fraction of sp³-hybridized carbons (Fsp3) is 0.323. The number of carbonyl (C=O) groups excluding carboxylic acids is 3. The molecule has 2 N–H and O–H groups in total. The van der Waals surface area contributed by atoms with E-state index in [0.717, 1.165) is 28.5 Å². The molecule has 2 unspecified atom stereocenters. The molecule has 212 valence electrons. The van der Waals surface area contributed by atoms with E-state index in [4.69, 9.17) is 14.2 Å². The summed E-state index contributed by atoms with van der Waals surface area (Å²) in [7, 11) is 3.09. The van der Waals surface area contributed by atoms with Gasteiger partial charge < -0.3 is 24.6 Å². The van der Waals surface area contributed by atoms with E-state index in [1.54, 1.807) is 25.3 Å². The van der Waals surface area contributed by atoms with Crippen LogP contribution in [-0.4, -0.2) is 48.1 Å². The van der Waals surface area contributed by atoms with Crippen LogP contribution in [0.2, 0.25) is 0 Å². The van der Waals surface area contributed by atoms with E-state index in [0.29, 0.717) is 11.5 Å². The molecule has 0 saturated carbocycles. The first-order chi connectivity index (χ1) is 19.2. The number of aromatic hydroxyl groups is 1. The maximum Gasteiger partial charge on any atom is 0.329 e. The molecule has 0 aromatic heterocycles. The van der Waals surface area contributed by atoms with E-state index in [-0.39, 0.29) is 41.5 Å². The molecule has 40 heavy (non-hydrogen) atoms. The Morgan fingerprint density at radius 1 is 0.900 bits per heavy atom. The van der Waals surface area contributed by atoms with Gasteiger partial charge in [0.1, 0.15) is 18.4 Å². The number of hydrogen-bond acceptors (Lipinski definition) is 8. The number of hydrogen-bond donors (Lipinski definition) is 2. The van der Waals surface area contributed by atoms with Gasteiger partial charge in [-0.15, -0.1) is 0 Å². The van der Waals surface area contributed by atoms with E-state index in [2.05, 4.69) is 5.32 Å². The molecule has 3 aromatic rings. The largest absolute Gasteiger partial charge is 0.508 e. The van der Waals surface area contributed by atoms with Gasteiger partial charge in [-0.25, -0.2) is 4.79 Å². The molecule has 0 fully saturated rings. The number of esters is 1. The van der Waals surface area contributed by atoms with Crippen LogP contribution in [0.4, 0.5) is 0 Å². The SMILES string of the molecule is COc1ccc(C(C)C(CSC(C)=O)C(=O)N[C@@H](Cc2ccc(O)cc2)C(=O)OCc2ccccc2)cc1OC. The fourth-order valence-electron chi connectivity index (χ4n) is 4.19. The Hall–Kier alpha value is -3.98. The zero-order valence-electron chi connectivity index (χ0n) is 23.1. The van der Waals surface area contributed by atoms with Crippen LogP contribution >= 0.6 is 11.8 Å². The predicted molar refractivity (Wildman–Crippen MR) is 155 cm³/mol. The van der Waals surface area contributed by atoms with Crippen molar-refractivity contribution in [2.75, 3.05) is 20.0 Å². The highest BCUT2D eigenvalue weighted by atomic mass is 32.2. The molecule has 0 bridgehead atoms. The third-order valence-corrected chi connectivity index (χ3v) is 7.47. The molecule has 0 aliphatic rings. The summed E-state index contributed by atoms with van der Waals surface area (Å²) in [5.41, 5.74) is 2.38. The summed E-state index contributed by atoms with van der Waals surface area (Å²) in [6, 6.07) is 20.1. The summed E-state index contributed by atoms with van der Waals surface area (Å²) >= 11 is 1.06. The maximum absolute atomic E-state index is 13.7. The minimum Gasteiger partial charge on any atom is -0.508 e. The molecule has 0 aliphatic carbocycles. The molecule has 9 heteroatoms. The molecule has 0 aliphatic heterocycles.